The van der Waals surface area contributed by atoms with Crippen molar-refractivity contribution in [3.63, 3.8) is 0 Å². The molecule has 6 heteroatoms. The molecule has 6 rings (SSSR count). The fourth-order valence-electron chi connectivity index (χ4n) is 4.83. The summed E-state index contributed by atoms with van der Waals surface area (Å²) >= 11 is 1.63. The van der Waals surface area contributed by atoms with Gasteiger partial charge in [-0.15, -0.1) is 0 Å². The van der Waals surface area contributed by atoms with Crippen LogP contribution in [0.3, 0.4) is 0 Å². The van der Waals surface area contributed by atoms with E-state index in [9.17, 15) is 9.59 Å². The maximum absolute atomic E-state index is 13.6. The molecule has 0 atom stereocenters. The molecule has 1 amide bonds. The number of rotatable bonds is 7. The summed E-state index contributed by atoms with van der Waals surface area (Å²) in [4.78, 5) is 24.7. The molecular formula is C32H24N2O3S. The summed E-state index contributed by atoms with van der Waals surface area (Å²) < 4.78 is 2.13. The predicted octanol–water partition coefficient (Wildman–Crippen LogP) is 7.20. The lowest BCUT2D eigenvalue weighted by molar-refractivity contribution is 0.0696. The van der Waals surface area contributed by atoms with Gasteiger partial charge in [0.15, 0.2) is 0 Å². The first-order valence-corrected chi connectivity index (χ1v) is 13.2. The van der Waals surface area contributed by atoms with E-state index in [2.05, 4.69) is 63.8 Å². The van der Waals surface area contributed by atoms with Gasteiger partial charge >= 0.3 is 5.97 Å². The number of thiophene rings is 1. The molecule has 0 spiro atoms. The van der Waals surface area contributed by atoms with Crippen molar-refractivity contribution in [2.75, 3.05) is 0 Å². The monoisotopic (exact) mass is 516 g/mol. The highest BCUT2D eigenvalue weighted by atomic mass is 32.1. The number of aromatic carboxylic acids is 1. The van der Waals surface area contributed by atoms with E-state index >= 15 is 0 Å². The molecule has 0 bridgehead atoms. The van der Waals surface area contributed by atoms with Crippen LogP contribution in [-0.4, -0.2) is 21.6 Å². The Morgan fingerprint density at radius 3 is 2.34 bits per heavy atom. The second-order valence-corrected chi connectivity index (χ2v) is 10.1. The molecule has 0 unspecified atom stereocenters. The molecule has 38 heavy (non-hydrogen) atoms. The second kappa shape index (κ2) is 10.00. The number of carboxylic acid groups (broad SMARTS) is 1. The lowest BCUT2D eigenvalue weighted by atomic mass is 10.0. The van der Waals surface area contributed by atoms with Crippen molar-refractivity contribution in [3.8, 4) is 11.1 Å². The fourth-order valence-corrected chi connectivity index (χ4v) is 5.49. The molecule has 6 aromatic rings. The number of hydrogen-bond donors (Lipinski definition) is 2. The number of benzene rings is 4. The van der Waals surface area contributed by atoms with Crippen molar-refractivity contribution < 1.29 is 14.7 Å². The molecular weight excluding hydrogens is 492 g/mol. The number of carboxylic acids is 1. The van der Waals surface area contributed by atoms with Crippen molar-refractivity contribution >= 4 is 44.9 Å². The van der Waals surface area contributed by atoms with Crippen molar-refractivity contribution in [3.05, 3.63) is 130 Å². The average molecular weight is 517 g/mol. The first-order valence-electron chi connectivity index (χ1n) is 12.3. The Labute approximate surface area is 223 Å². The highest BCUT2D eigenvalue weighted by molar-refractivity contribution is 7.08. The van der Waals surface area contributed by atoms with Gasteiger partial charge < -0.3 is 15.0 Å². The van der Waals surface area contributed by atoms with Crippen LogP contribution in [0.15, 0.2) is 108 Å². The van der Waals surface area contributed by atoms with Crippen molar-refractivity contribution in [1.29, 1.82) is 0 Å². The van der Waals surface area contributed by atoms with Crippen LogP contribution in [0.25, 0.3) is 32.8 Å². The first kappa shape index (κ1) is 23.7. The summed E-state index contributed by atoms with van der Waals surface area (Å²) in [6.45, 7) is 0.942. The normalized spacial score (nSPS) is 11.2. The molecule has 0 aliphatic heterocycles. The van der Waals surface area contributed by atoms with Crippen molar-refractivity contribution in [2.45, 2.75) is 13.1 Å². The van der Waals surface area contributed by atoms with E-state index in [1.165, 1.54) is 10.8 Å². The Hall–Kier alpha value is -4.68. The first-order chi connectivity index (χ1) is 18.5. The minimum Gasteiger partial charge on any atom is -0.478 e. The zero-order valence-electron chi connectivity index (χ0n) is 20.4. The standard InChI is InChI=1S/C32H24N2O3S/c35-31(33-18-21-5-9-24(10-6-21)32(36)37)29-17-28(27-12-14-38-20-27)16-26-11-13-34(30(26)29)19-22-7-8-23-3-1-2-4-25(23)15-22/h1-17,20H,18-19H2,(H,33,35)(H,36,37). The maximum atomic E-state index is 13.6. The number of carbonyl (C=O) groups is 2. The summed E-state index contributed by atoms with van der Waals surface area (Å²) in [6, 6.07) is 29.5. The van der Waals surface area contributed by atoms with Gasteiger partial charge in [-0.05, 0) is 86.3 Å². The van der Waals surface area contributed by atoms with Crippen LogP contribution in [0, 0.1) is 0 Å². The number of carbonyl (C=O) groups excluding carboxylic acids is 1. The summed E-state index contributed by atoms with van der Waals surface area (Å²) in [5.74, 6) is -1.15. The Bertz CT molecular complexity index is 1780. The summed E-state index contributed by atoms with van der Waals surface area (Å²) in [5, 5.41) is 19.7. The molecule has 0 aliphatic carbocycles. The molecule has 4 aromatic carbocycles. The number of nitrogens with zero attached hydrogens (tertiary/aromatic N) is 1. The van der Waals surface area contributed by atoms with Crippen molar-refractivity contribution in [2.24, 2.45) is 0 Å². The van der Waals surface area contributed by atoms with Crippen LogP contribution in [-0.2, 0) is 13.1 Å². The Morgan fingerprint density at radius 1 is 0.789 bits per heavy atom. The van der Waals surface area contributed by atoms with Crippen LogP contribution < -0.4 is 5.32 Å². The van der Waals surface area contributed by atoms with Crippen LogP contribution in [0.2, 0.25) is 0 Å². The minimum absolute atomic E-state index is 0.173. The number of hydrogen-bond acceptors (Lipinski definition) is 3. The van der Waals surface area contributed by atoms with Gasteiger partial charge in [0, 0.05) is 24.7 Å². The molecule has 0 saturated heterocycles. The van der Waals surface area contributed by atoms with Gasteiger partial charge in [0.2, 0.25) is 0 Å². The third-order valence-electron chi connectivity index (χ3n) is 6.78. The predicted molar refractivity (Wildman–Crippen MR) is 153 cm³/mol. The second-order valence-electron chi connectivity index (χ2n) is 9.28. The van der Waals surface area contributed by atoms with Crippen LogP contribution in [0.1, 0.15) is 31.8 Å². The van der Waals surface area contributed by atoms with Crippen molar-refractivity contribution in [1.82, 2.24) is 9.88 Å². The highest BCUT2D eigenvalue weighted by Gasteiger charge is 2.17. The SMILES string of the molecule is O=C(O)c1ccc(CNC(=O)c2cc(-c3ccsc3)cc3ccn(Cc4ccc5ccccc5c4)c23)cc1. The third-order valence-corrected chi connectivity index (χ3v) is 7.46. The molecule has 0 saturated carbocycles. The molecule has 2 aromatic heterocycles. The van der Waals surface area contributed by atoms with E-state index in [0.29, 0.717) is 18.7 Å². The van der Waals surface area contributed by atoms with Gasteiger partial charge in [-0.2, -0.15) is 11.3 Å². The Balaban J connectivity index is 1.35. The highest BCUT2D eigenvalue weighted by Crippen LogP contribution is 2.31. The van der Waals surface area contributed by atoms with E-state index in [1.54, 1.807) is 35.6 Å². The lowest BCUT2D eigenvalue weighted by Gasteiger charge is -2.13. The van der Waals surface area contributed by atoms with E-state index in [0.717, 1.165) is 33.2 Å². The largest absolute Gasteiger partial charge is 0.478 e. The van der Waals surface area contributed by atoms with Gasteiger partial charge in [-0.1, -0.05) is 48.5 Å². The molecule has 0 radical (unpaired) electrons. The lowest BCUT2D eigenvalue weighted by Crippen LogP contribution is -2.23. The van der Waals surface area contributed by atoms with E-state index in [4.69, 9.17) is 5.11 Å². The Morgan fingerprint density at radius 2 is 1.58 bits per heavy atom. The number of amides is 1. The minimum atomic E-state index is -0.972. The maximum Gasteiger partial charge on any atom is 0.335 e. The number of aromatic nitrogens is 1. The smallest absolute Gasteiger partial charge is 0.335 e. The molecule has 0 aliphatic rings. The number of nitrogens with one attached hydrogen (secondary N) is 1. The van der Waals surface area contributed by atoms with Gasteiger partial charge in [0.25, 0.3) is 5.91 Å². The van der Waals surface area contributed by atoms with E-state index < -0.39 is 5.97 Å². The molecule has 0 fully saturated rings. The molecule has 2 heterocycles. The van der Waals surface area contributed by atoms with Gasteiger partial charge in [0.05, 0.1) is 16.6 Å². The van der Waals surface area contributed by atoms with Gasteiger partial charge in [-0.3, -0.25) is 4.79 Å². The zero-order valence-corrected chi connectivity index (χ0v) is 21.2. The zero-order chi connectivity index (χ0) is 26.1. The van der Waals surface area contributed by atoms with E-state index in [1.807, 2.05) is 29.8 Å². The Kier molecular flexibility index (Phi) is 6.23. The topological polar surface area (TPSA) is 71.3 Å². The summed E-state index contributed by atoms with van der Waals surface area (Å²) in [7, 11) is 0. The fraction of sp³-hybridized carbons (Fsp3) is 0.0625. The summed E-state index contributed by atoms with van der Waals surface area (Å²) in [6.07, 6.45) is 2.04. The summed E-state index contributed by atoms with van der Waals surface area (Å²) in [5.41, 5.74) is 5.79. The van der Waals surface area contributed by atoms with Crippen LogP contribution in [0.5, 0.6) is 0 Å². The van der Waals surface area contributed by atoms with Gasteiger partial charge in [0.1, 0.15) is 0 Å². The van der Waals surface area contributed by atoms with Crippen LogP contribution in [0.4, 0.5) is 0 Å². The molecule has 2 N–H and O–H groups in total. The van der Waals surface area contributed by atoms with E-state index in [-0.39, 0.29) is 11.5 Å². The average Bonchev–Trinajstić information content (AvgIpc) is 3.62. The van der Waals surface area contributed by atoms with Crippen LogP contribution >= 0.6 is 11.3 Å². The van der Waals surface area contributed by atoms with Gasteiger partial charge in [-0.25, -0.2) is 4.79 Å². The molecule has 186 valence electrons. The third kappa shape index (κ3) is 4.69. The quantitative estimate of drug-likeness (QED) is 0.236. The molecule has 5 nitrogen and oxygen atoms in total. The number of fused-ring (bicyclic) bond motifs is 2.